The van der Waals surface area contributed by atoms with Gasteiger partial charge in [0.1, 0.15) is 23.9 Å². The molecule has 7 nitrogen and oxygen atoms in total. The monoisotopic (exact) mass is 432 g/mol. The molecule has 0 saturated carbocycles. The van der Waals surface area contributed by atoms with Gasteiger partial charge in [-0.3, -0.25) is 9.59 Å². The Morgan fingerprint density at radius 2 is 1.75 bits per heavy atom. The first kappa shape index (κ1) is 21.2. The van der Waals surface area contributed by atoms with Crippen LogP contribution in [0.25, 0.3) is 0 Å². The number of rotatable bonds is 7. The SMILES string of the molecule is COc1ccc(C(=O)Nc2ccc3c(c2)OCC(=O)N3CCOc2ccc(C)cc2)cc1. The Morgan fingerprint density at radius 3 is 2.47 bits per heavy atom. The molecule has 164 valence electrons. The van der Waals surface area contributed by atoms with E-state index < -0.39 is 0 Å². The third kappa shape index (κ3) is 4.83. The minimum absolute atomic E-state index is 0.0621. The number of nitrogens with zero attached hydrogens (tertiary/aromatic N) is 1. The lowest BCUT2D eigenvalue weighted by atomic mass is 10.1. The van der Waals surface area contributed by atoms with Crippen LogP contribution in [0.5, 0.6) is 17.2 Å². The van der Waals surface area contributed by atoms with Crippen LogP contribution < -0.4 is 24.4 Å². The van der Waals surface area contributed by atoms with Gasteiger partial charge in [0.15, 0.2) is 6.61 Å². The van der Waals surface area contributed by atoms with Crippen LogP contribution in [-0.4, -0.2) is 38.7 Å². The van der Waals surface area contributed by atoms with Crippen LogP contribution in [-0.2, 0) is 4.79 Å². The zero-order valence-corrected chi connectivity index (χ0v) is 18.0. The molecule has 1 heterocycles. The fourth-order valence-corrected chi connectivity index (χ4v) is 3.36. The van der Waals surface area contributed by atoms with Crippen LogP contribution in [0.15, 0.2) is 66.7 Å². The van der Waals surface area contributed by atoms with Crippen molar-refractivity contribution in [2.24, 2.45) is 0 Å². The van der Waals surface area contributed by atoms with Crippen LogP contribution in [0.3, 0.4) is 0 Å². The van der Waals surface area contributed by atoms with Gasteiger partial charge in [-0.25, -0.2) is 0 Å². The fourth-order valence-electron chi connectivity index (χ4n) is 3.36. The zero-order valence-electron chi connectivity index (χ0n) is 18.0. The maximum atomic E-state index is 12.5. The average Bonchev–Trinajstić information content (AvgIpc) is 2.81. The smallest absolute Gasteiger partial charge is 0.265 e. The van der Waals surface area contributed by atoms with Crippen LogP contribution in [0.4, 0.5) is 11.4 Å². The number of nitrogens with one attached hydrogen (secondary N) is 1. The normalized spacial score (nSPS) is 12.6. The second kappa shape index (κ2) is 9.43. The highest BCUT2D eigenvalue weighted by molar-refractivity contribution is 6.05. The van der Waals surface area contributed by atoms with Gasteiger partial charge < -0.3 is 24.4 Å². The van der Waals surface area contributed by atoms with E-state index in [1.807, 2.05) is 31.2 Å². The molecule has 0 unspecified atom stereocenters. The van der Waals surface area contributed by atoms with E-state index >= 15 is 0 Å². The first-order chi connectivity index (χ1) is 15.5. The molecule has 0 fully saturated rings. The molecule has 7 heteroatoms. The van der Waals surface area contributed by atoms with Crippen molar-refractivity contribution in [3.8, 4) is 17.2 Å². The second-order valence-corrected chi connectivity index (χ2v) is 7.36. The van der Waals surface area contributed by atoms with E-state index in [1.54, 1.807) is 54.5 Å². The van der Waals surface area contributed by atoms with Gasteiger partial charge >= 0.3 is 0 Å². The summed E-state index contributed by atoms with van der Waals surface area (Å²) in [6, 6.07) is 19.8. The number of carbonyl (C=O) groups is 2. The summed E-state index contributed by atoms with van der Waals surface area (Å²) in [6.45, 7) is 2.69. The Morgan fingerprint density at radius 1 is 1.03 bits per heavy atom. The van der Waals surface area contributed by atoms with E-state index in [4.69, 9.17) is 14.2 Å². The molecule has 1 aliphatic rings. The maximum absolute atomic E-state index is 12.5. The molecule has 3 aromatic carbocycles. The van der Waals surface area contributed by atoms with Crippen molar-refractivity contribution in [1.82, 2.24) is 0 Å². The Hall–Kier alpha value is -4.00. The highest BCUT2D eigenvalue weighted by atomic mass is 16.5. The Labute approximate surface area is 186 Å². The van der Waals surface area contributed by atoms with Crippen molar-refractivity contribution in [1.29, 1.82) is 0 Å². The van der Waals surface area contributed by atoms with E-state index in [9.17, 15) is 9.59 Å². The van der Waals surface area contributed by atoms with Crippen LogP contribution in [0, 0.1) is 6.92 Å². The van der Waals surface area contributed by atoms with Crippen molar-refractivity contribution in [3.05, 3.63) is 77.9 Å². The number of hydrogen-bond donors (Lipinski definition) is 1. The molecule has 0 bridgehead atoms. The number of aryl methyl sites for hydroxylation is 1. The Balaban J connectivity index is 1.42. The third-order valence-corrected chi connectivity index (χ3v) is 5.12. The van der Waals surface area contributed by atoms with E-state index in [2.05, 4.69) is 5.32 Å². The van der Waals surface area contributed by atoms with Gasteiger partial charge in [-0.05, 0) is 55.5 Å². The molecule has 0 aliphatic carbocycles. The Bertz CT molecular complexity index is 1110. The molecule has 2 amide bonds. The molecule has 4 rings (SSSR count). The zero-order chi connectivity index (χ0) is 22.5. The summed E-state index contributed by atoms with van der Waals surface area (Å²) in [5.41, 5.74) is 2.89. The lowest BCUT2D eigenvalue weighted by Gasteiger charge is -2.29. The highest BCUT2D eigenvalue weighted by Gasteiger charge is 2.26. The summed E-state index contributed by atoms with van der Waals surface area (Å²) in [7, 11) is 1.57. The number of carbonyl (C=O) groups excluding carboxylic acids is 2. The van der Waals surface area contributed by atoms with E-state index in [1.165, 1.54) is 0 Å². The number of hydrogen-bond acceptors (Lipinski definition) is 5. The first-order valence-corrected chi connectivity index (χ1v) is 10.3. The van der Waals surface area contributed by atoms with Crippen molar-refractivity contribution in [2.45, 2.75) is 6.92 Å². The highest BCUT2D eigenvalue weighted by Crippen LogP contribution is 2.34. The molecule has 32 heavy (non-hydrogen) atoms. The van der Waals surface area contributed by atoms with Crippen LogP contribution in [0.1, 0.15) is 15.9 Å². The van der Waals surface area contributed by atoms with E-state index in [0.717, 1.165) is 11.3 Å². The molecular weight excluding hydrogens is 408 g/mol. The minimum atomic E-state index is -0.247. The first-order valence-electron chi connectivity index (χ1n) is 10.3. The fraction of sp³-hybridized carbons (Fsp3) is 0.200. The summed E-state index contributed by atoms with van der Waals surface area (Å²) in [4.78, 5) is 26.6. The third-order valence-electron chi connectivity index (χ3n) is 5.12. The van der Waals surface area contributed by atoms with Crippen molar-refractivity contribution in [3.63, 3.8) is 0 Å². The number of fused-ring (bicyclic) bond motifs is 1. The van der Waals surface area contributed by atoms with Crippen molar-refractivity contribution < 1.29 is 23.8 Å². The molecule has 0 radical (unpaired) electrons. The summed E-state index contributed by atoms with van der Waals surface area (Å²) in [5.74, 6) is 1.59. The van der Waals surface area contributed by atoms with Crippen molar-refractivity contribution >= 4 is 23.2 Å². The molecule has 0 saturated heterocycles. The predicted molar refractivity (Wildman–Crippen MR) is 122 cm³/mol. The number of benzene rings is 3. The van der Waals surface area contributed by atoms with Crippen molar-refractivity contribution in [2.75, 3.05) is 37.1 Å². The summed E-state index contributed by atoms with van der Waals surface area (Å²) < 4.78 is 16.5. The summed E-state index contributed by atoms with van der Waals surface area (Å²) in [6.07, 6.45) is 0. The van der Waals surface area contributed by atoms with Gasteiger partial charge in [0.25, 0.3) is 11.8 Å². The molecule has 0 spiro atoms. The summed E-state index contributed by atoms with van der Waals surface area (Å²) >= 11 is 0. The van der Waals surface area contributed by atoms with Gasteiger partial charge in [-0.2, -0.15) is 0 Å². The van der Waals surface area contributed by atoms with Crippen LogP contribution in [0.2, 0.25) is 0 Å². The summed E-state index contributed by atoms with van der Waals surface area (Å²) in [5, 5.41) is 2.85. The van der Waals surface area contributed by atoms with Gasteiger partial charge in [0, 0.05) is 17.3 Å². The van der Waals surface area contributed by atoms with E-state index in [0.29, 0.717) is 41.6 Å². The number of ether oxygens (including phenoxy) is 3. The number of amides is 2. The maximum Gasteiger partial charge on any atom is 0.265 e. The molecule has 1 aliphatic heterocycles. The second-order valence-electron chi connectivity index (χ2n) is 7.36. The van der Waals surface area contributed by atoms with Crippen LogP contribution >= 0.6 is 0 Å². The Kier molecular flexibility index (Phi) is 6.26. The van der Waals surface area contributed by atoms with Gasteiger partial charge in [0.2, 0.25) is 0 Å². The minimum Gasteiger partial charge on any atom is -0.497 e. The van der Waals surface area contributed by atoms with Gasteiger partial charge in [-0.15, -0.1) is 0 Å². The molecule has 0 aromatic heterocycles. The molecular formula is C25H24N2O5. The quantitative estimate of drug-likeness (QED) is 0.609. The number of anilines is 2. The standard InChI is InChI=1S/C25H24N2O5/c1-17-3-8-21(9-4-17)31-14-13-27-22-12-7-19(15-23(22)32-16-24(27)28)26-25(29)18-5-10-20(30-2)11-6-18/h3-12,15H,13-14,16H2,1-2H3,(H,26,29). The average molecular weight is 432 g/mol. The predicted octanol–water partition coefficient (Wildman–Crippen LogP) is 4.06. The lowest BCUT2D eigenvalue weighted by Crippen LogP contribution is -2.41. The lowest BCUT2D eigenvalue weighted by molar-refractivity contribution is -0.121. The molecule has 0 atom stereocenters. The molecule has 1 N–H and O–H groups in total. The topological polar surface area (TPSA) is 77.1 Å². The number of methoxy groups -OCH3 is 1. The van der Waals surface area contributed by atoms with Gasteiger partial charge in [0.05, 0.1) is 19.3 Å². The molecule has 3 aromatic rings. The van der Waals surface area contributed by atoms with Gasteiger partial charge in [-0.1, -0.05) is 17.7 Å². The van der Waals surface area contributed by atoms with E-state index in [-0.39, 0.29) is 18.4 Å². The largest absolute Gasteiger partial charge is 0.497 e.